The lowest BCUT2D eigenvalue weighted by Crippen LogP contribution is -2.15. The van der Waals surface area contributed by atoms with E-state index in [0.29, 0.717) is 24.3 Å². The SMILES string of the molecule is O=C(O)c1cc(Cl)cn1CCOC1CCCC1. The topological polar surface area (TPSA) is 51.5 Å². The summed E-state index contributed by atoms with van der Waals surface area (Å²) in [7, 11) is 0. The van der Waals surface area contributed by atoms with E-state index in [2.05, 4.69) is 0 Å². The average Bonchev–Trinajstić information content (AvgIpc) is 2.88. The van der Waals surface area contributed by atoms with Crippen LogP contribution >= 0.6 is 11.6 Å². The molecule has 1 saturated carbocycles. The van der Waals surface area contributed by atoms with Crippen LogP contribution in [0.5, 0.6) is 0 Å². The van der Waals surface area contributed by atoms with Crippen LogP contribution in [-0.4, -0.2) is 28.4 Å². The van der Waals surface area contributed by atoms with Crippen molar-refractivity contribution in [3.05, 3.63) is 23.0 Å². The van der Waals surface area contributed by atoms with Gasteiger partial charge in [0.25, 0.3) is 0 Å². The van der Waals surface area contributed by atoms with Crippen LogP contribution in [0.15, 0.2) is 12.3 Å². The number of hydrogen-bond acceptors (Lipinski definition) is 2. The number of carboxylic acids is 1. The number of rotatable bonds is 5. The quantitative estimate of drug-likeness (QED) is 0.882. The maximum Gasteiger partial charge on any atom is 0.352 e. The molecular formula is C12H16ClNO3. The molecule has 0 radical (unpaired) electrons. The summed E-state index contributed by atoms with van der Waals surface area (Å²) in [5.74, 6) is -0.960. The standard InChI is InChI=1S/C12H16ClNO3/c13-9-7-11(12(15)16)14(8-9)5-6-17-10-3-1-2-4-10/h7-8,10H,1-6H2,(H,15,16). The van der Waals surface area contributed by atoms with Crippen LogP contribution in [0, 0.1) is 0 Å². The van der Waals surface area contributed by atoms with Gasteiger partial charge in [0, 0.05) is 12.7 Å². The van der Waals surface area contributed by atoms with Gasteiger partial charge in [-0.05, 0) is 18.9 Å². The lowest BCUT2D eigenvalue weighted by molar-refractivity contribution is 0.0515. The Morgan fingerprint density at radius 3 is 2.88 bits per heavy atom. The van der Waals surface area contributed by atoms with Crippen molar-refractivity contribution in [3.8, 4) is 0 Å². The fourth-order valence-electron chi connectivity index (χ4n) is 2.21. The van der Waals surface area contributed by atoms with Crippen molar-refractivity contribution in [2.24, 2.45) is 0 Å². The molecule has 1 aliphatic carbocycles. The van der Waals surface area contributed by atoms with Crippen molar-refractivity contribution in [1.29, 1.82) is 0 Å². The van der Waals surface area contributed by atoms with Gasteiger partial charge in [0.1, 0.15) is 5.69 Å². The highest BCUT2D eigenvalue weighted by Crippen LogP contribution is 2.21. The third-order valence-corrected chi connectivity index (χ3v) is 3.28. The fraction of sp³-hybridized carbons (Fsp3) is 0.583. The molecule has 2 rings (SSSR count). The number of nitrogens with zero attached hydrogens (tertiary/aromatic N) is 1. The molecule has 1 aromatic rings. The Hall–Kier alpha value is -1.00. The zero-order valence-electron chi connectivity index (χ0n) is 9.56. The van der Waals surface area contributed by atoms with Gasteiger partial charge in [0.15, 0.2) is 0 Å². The summed E-state index contributed by atoms with van der Waals surface area (Å²) in [4.78, 5) is 10.9. The minimum absolute atomic E-state index is 0.213. The number of halogens is 1. The highest BCUT2D eigenvalue weighted by Gasteiger charge is 2.16. The van der Waals surface area contributed by atoms with Crippen LogP contribution in [0.25, 0.3) is 0 Å². The second-order valence-electron chi connectivity index (χ2n) is 4.32. The molecule has 0 aromatic carbocycles. The Morgan fingerprint density at radius 1 is 1.53 bits per heavy atom. The maximum absolute atomic E-state index is 10.9. The Bertz CT molecular complexity index is 396. The zero-order chi connectivity index (χ0) is 12.3. The molecule has 0 saturated heterocycles. The summed E-state index contributed by atoms with van der Waals surface area (Å²) in [5.41, 5.74) is 0.213. The minimum Gasteiger partial charge on any atom is -0.477 e. The molecule has 0 atom stereocenters. The van der Waals surface area contributed by atoms with E-state index in [9.17, 15) is 4.79 Å². The van der Waals surface area contributed by atoms with Crippen molar-refractivity contribution in [2.45, 2.75) is 38.3 Å². The molecule has 17 heavy (non-hydrogen) atoms. The average molecular weight is 258 g/mol. The van der Waals surface area contributed by atoms with Gasteiger partial charge in [-0.15, -0.1) is 0 Å². The molecule has 0 spiro atoms. The summed E-state index contributed by atoms with van der Waals surface area (Å²) in [6, 6.07) is 1.46. The van der Waals surface area contributed by atoms with Crippen LogP contribution in [-0.2, 0) is 11.3 Å². The highest BCUT2D eigenvalue weighted by atomic mass is 35.5. The van der Waals surface area contributed by atoms with Crippen LogP contribution < -0.4 is 0 Å². The van der Waals surface area contributed by atoms with Gasteiger partial charge in [-0.2, -0.15) is 0 Å². The lowest BCUT2D eigenvalue weighted by atomic mass is 10.3. The first-order valence-electron chi connectivity index (χ1n) is 5.87. The predicted octanol–water partition coefficient (Wildman–Crippen LogP) is 2.80. The molecule has 0 amide bonds. The van der Waals surface area contributed by atoms with Gasteiger partial charge in [-0.3, -0.25) is 0 Å². The molecule has 1 heterocycles. The van der Waals surface area contributed by atoms with Crippen LogP contribution in [0.4, 0.5) is 0 Å². The lowest BCUT2D eigenvalue weighted by Gasteiger charge is -2.12. The first-order valence-corrected chi connectivity index (χ1v) is 6.25. The molecule has 0 aliphatic heterocycles. The second-order valence-corrected chi connectivity index (χ2v) is 4.76. The molecule has 1 aliphatic rings. The molecule has 4 nitrogen and oxygen atoms in total. The molecule has 0 unspecified atom stereocenters. The van der Waals surface area contributed by atoms with E-state index in [4.69, 9.17) is 21.4 Å². The van der Waals surface area contributed by atoms with E-state index in [-0.39, 0.29) is 5.69 Å². The Labute approximate surface area is 105 Å². The van der Waals surface area contributed by atoms with E-state index >= 15 is 0 Å². The van der Waals surface area contributed by atoms with Gasteiger partial charge in [-0.25, -0.2) is 4.79 Å². The number of carboxylic acid groups (broad SMARTS) is 1. The number of aromatic carboxylic acids is 1. The van der Waals surface area contributed by atoms with Gasteiger partial charge < -0.3 is 14.4 Å². The first kappa shape index (κ1) is 12.5. The summed E-state index contributed by atoms with van der Waals surface area (Å²) in [5, 5.41) is 9.42. The van der Waals surface area contributed by atoms with Crippen molar-refractivity contribution >= 4 is 17.6 Å². The van der Waals surface area contributed by atoms with E-state index in [1.165, 1.54) is 18.9 Å². The molecule has 1 N–H and O–H groups in total. The largest absolute Gasteiger partial charge is 0.477 e. The molecular weight excluding hydrogens is 242 g/mol. The number of ether oxygens (including phenoxy) is 1. The molecule has 1 fully saturated rings. The summed E-state index contributed by atoms with van der Waals surface area (Å²) >= 11 is 5.79. The fourth-order valence-corrected chi connectivity index (χ4v) is 2.43. The van der Waals surface area contributed by atoms with Crippen molar-refractivity contribution in [3.63, 3.8) is 0 Å². The van der Waals surface area contributed by atoms with Gasteiger partial charge in [0.05, 0.1) is 17.7 Å². The number of carbonyl (C=O) groups is 1. The zero-order valence-corrected chi connectivity index (χ0v) is 10.3. The van der Waals surface area contributed by atoms with E-state index in [0.717, 1.165) is 12.8 Å². The van der Waals surface area contributed by atoms with Crippen LogP contribution in [0.3, 0.4) is 0 Å². The third kappa shape index (κ3) is 3.23. The number of aromatic nitrogens is 1. The Morgan fingerprint density at radius 2 is 2.24 bits per heavy atom. The molecule has 1 aromatic heterocycles. The van der Waals surface area contributed by atoms with Gasteiger partial charge in [0.2, 0.25) is 0 Å². The maximum atomic E-state index is 10.9. The van der Waals surface area contributed by atoms with E-state index < -0.39 is 5.97 Å². The van der Waals surface area contributed by atoms with Gasteiger partial charge >= 0.3 is 5.97 Å². The summed E-state index contributed by atoms with van der Waals surface area (Å²) in [6.45, 7) is 1.07. The summed E-state index contributed by atoms with van der Waals surface area (Å²) < 4.78 is 7.32. The summed E-state index contributed by atoms with van der Waals surface area (Å²) in [6.07, 6.45) is 6.70. The van der Waals surface area contributed by atoms with E-state index in [1.807, 2.05) is 0 Å². The Balaban J connectivity index is 1.87. The van der Waals surface area contributed by atoms with Crippen LogP contribution in [0.2, 0.25) is 5.02 Å². The van der Waals surface area contributed by atoms with Crippen molar-refractivity contribution < 1.29 is 14.6 Å². The second kappa shape index (κ2) is 5.56. The normalized spacial score (nSPS) is 16.5. The number of hydrogen-bond donors (Lipinski definition) is 1. The van der Waals surface area contributed by atoms with Crippen LogP contribution in [0.1, 0.15) is 36.2 Å². The molecule has 0 bridgehead atoms. The molecule has 5 heteroatoms. The van der Waals surface area contributed by atoms with Crippen molar-refractivity contribution in [1.82, 2.24) is 4.57 Å². The highest BCUT2D eigenvalue weighted by molar-refractivity contribution is 6.30. The first-order chi connectivity index (χ1) is 8.16. The monoisotopic (exact) mass is 257 g/mol. The minimum atomic E-state index is -0.960. The third-order valence-electron chi connectivity index (χ3n) is 3.07. The van der Waals surface area contributed by atoms with E-state index in [1.54, 1.807) is 10.8 Å². The smallest absolute Gasteiger partial charge is 0.352 e. The van der Waals surface area contributed by atoms with Crippen molar-refractivity contribution in [2.75, 3.05) is 6.61 Å². The molecule has 94 valence electrons. The Kier molecular flexibility index (Phi) is 4.07. The van der Waals surface area contributed by atoms with Gasteiger partial charge in [-0.1, -0.05) is 24.4 Å². The predicted molar refractivity (Wildman–Crippen MR) is 64.6 cm³/mol.